The summed E-state index contributed by atoms with van der Waals surface area (Å²) >= 11 is 0. The predicted octanol–water partition coefficient (Wildman–Crippen LogP) is 1.34. The number of rotatable bonds is 5. The van der Waals surface area contributed by atoms with Crippen LogP contribution < -0.4 is 5.48 Å². The van der Waals surface area contributed by atoms with Crippen LogP contribution in [0, 0.1) is 0 Å². The molecule has 3 nitrogen and oxygen atoms in total. The van der Waals surface area contributed by atoms with Gasteiger partial charge in [0.25, 0.3) is 0 Å². The van der Waals surface area contributed by atoms with Gasteiger partial charge in [0.05, 0.1) is 13.2 Å². The minimum Gasteiger partial charge on any atom is -0.379 e. The molecule has 11 heavy (non-hydrogen) atoms. The third kappa shape index (κ3) is 9.88. The van der Waals surface area contributed by atoms with Gasteiger partial charge in [0.1, 0.15) is 0 Å². The van der Waals surface area contributed by atoms with Gasteiger partial charge in [-0.15, -0.1) is 0 Å². The lowest BCUT2D eigenvalue weighted by Crippen LogP contribution is -2.36. The van der Waals surface area contributed by atoms with Gasteiger partial charge >= 0.3 is 0 Å². The molecule has 0 rings (SSSR count). The van der Waals surface area contributed by atoms with Crippen molar-refractivity contribution in [2.75, 3.05) is 19.8 Å². The lowest BCUT2D eigenvalue weighted by molar-refractivity contribution is -0.0346. The summed E-state index contributed by atoms with van der Waals surface area (Å²) in [6.07, 6.45) is 0. The van der Waals surface area contributed by atoms with Crippen molar-refractivity contribution < 1.29 is 9.57 Å². The minimum absolute atomic E-state index is 0.0201. The van der Waals surface area contributed by atoms with Crippen LogP contribution in [-0.4, -0.2) is 25.4 Å². The zero-order valence-electron chi connectivity index (χ0n) is 7.94. The van der Waals surface area contributed by atoms with E-state index in [0.717, 1.165) is 6.61 Å². The van der Waals surface area contributed by atoms with Crippen LogP contribution in [0.5, 0.6) is 0 Å². The normalized spacial score (nSPS) is 12.0. The van der Waals surface area contributed by atoms with Crippen molar-refractivity contribution in [2.24, 2.45) is 0 Å². The van der Waals surface area contributed by atoms with E-state index in [9.17, 15) is 0 Å². The molecule has 0 bridgehead atoms. The summed E-state index contributed by atoms with van der Waals surface area (Å²) in [7, 11) is 0. The molecule has 0 aliphatic carbocycles. The Kier molecular flexibility index (Phi) is 5.46. The first-order valence-corrected chi connectivity index (χ1v) is 4.03. The maximum atomic E-state index is 5.13. The molecule has 0 radical (unpaired) electrons. The van der Waals surface area contributed by atoms with E-state index >= 15 is 0 Å². The zero-order valence-corrected chi connectivity index (χ0v) is 7.94. The van der Waals surface area contributed by atoms with Crippen LogP contribution in [-0.2, 0) is 9.57 Å². The van der Waals surface area contributed by atoms with E-state index in [1.54, 1.807) is 0 Å². The Morgan fingerprint density at radius 3 is 2.27 bits per heavy atom. The predicted molar refractivity (Wildman–Crippen MR) is 45.3 cm³/mol. The Morgan fingerprint density at radius 1 is 1.18 bits per heavy atom. The highest BCUT2D eigenvalue weighted by Crippen LogP contribution is 1.97. The molecule has 0 fully saturated rings. The van der Waals surface area contributed by atoms with Crippen molar-refractivity contribution in [3.8, 4) is 0 Å². The fourth-order valence-electron chi connectivity index (χ4n) is 0.512. The molecule has 0 aromatic carbocycles. The number of hydrogen-bond donors (Lipinski definition) is 1. The topological polar surface area (TPSA) is 30.5 Å². The molecular weight excluding hydrogens is 142 g/mol. The van der Waals surface area contributed by atoms with Crippen molar-refractivity contribution in [3.63, 3.8) is 0 Å². The van der Waals surface area contributed by atoms with Gasteiger partial charge in [-0.25, -0.2) is 0 Å². The van der Waals surface area contributed by atoms with Crippen molar-refractivity contribution in [3.05, 3.63) is 0 Å². The van der Waals surface area contributed by atoms with Gasteiger partial charge in [0, 0.05) is 12.1 Å². The number of ether oxygens (including phenoxy) is 1. The number of hydrogen-bond acceptors (Lipinski definition) is 3. The van der Waals surface area contributed by atoms with Crippen molar-refractivity contribution in [2.45, 2.75) is 33.2 Å². The second kappa shape index (κ2) is 5.52. The zero-order chi connectivity index (χ0) is 8.74. The van der Waals surface area contributed by atoms with Gasteiger partial charge in [-0.3, -0.25) is 4.84 Å². The molecule has 0 aromatic heterocycles. The maximum Gasteiger partial charge on any atom is 0.0916 e. The standard InChI is InChI=1S/C8H19NO2/c1-5-10-6-7-11-9-8(2,3)4/h9H,5-7H2,1-4H3. The lowest BCUT2D eigenvalue weighted by atomic mass is 10.1. The van der Waals surface area contributed by atoms with E-state index in [4.69, 9.17) is 9.57 Å². The van der Waals surface area contributed by atoms with Crippen LogP contribution in [0.3, 0.4) is 0 Å². The summed E-state index contributed by atoms with van der Waals surface area (Å²) in [6, 6.07) is 0. The highest BCUT2D eigenvalue weighted by molar-refractivity contribution is 4.63. The van der Waals surface area contributed by atoms with E-state index in [0.29, 0.717) is 13.2 Å². The molecule has 0 atom stereocenters. The molecule has 0 heterocycles. The summed E-state index contributed by atoms with van der Waals surface area (Å²) in [5.74, 6) is 0. The quantitative estimate of drug-likeness (QED) is 0.487. The van der Waals surface area contributed by atoms with Crippen LogP contribution in [0.4, 0.5) is 0 Å². The van der Waals surface area contributed by atoms with Crippen molar-refractivity contribution >= 4 is 0 Å². The molecule has 1 N–H and O–H groups in total. The van der Waals surface area contributed by atoms with Crippen LogP contribution in [0.2, 0.25) is 0 Å². The molecule has 0 amide bonds. The third-order valence-corrected chi connectivity index (χ3v) is 0.912. The van der Waals surface area contributed by atoms with E-state index < -0.39 is 0 Å². The monoisotopic (exact) mass is 161 g/mol. The van der Waals surface area contributed by atoms with E-state index in [1.807, 2.05) is 27.7 Å². The molecular formula is C8H19NO2. The lowest BCUT2D eigenvalue weighted by Gasteiger charge is -2.19. The van der Waals surface area contributed by atoms with Gasteiger partial charge < -0.3 is 4.74 Å². The van der Waals surface area contributed by atoms with Crippen LogP contribution in [0.15, 0.2) is 0 Å². The van der Waals surface area contributed by atoms with Gasteiger partial charge in [0.15, 0.2) is 0 Å². The summed E-state index contributed by atoms with van der Waals surface area (Å²) in [6.45, 7) is 10.1. The summed E-state index contributed by atoms with van der Waals surface area (Å²) < 4.78 is 5.08. The van der Waals surface area contributed by atoms with Crippen LogP contribution >= 0.6 is 0 Å². The third-order valence-electron chi connectivity index (χ3n) is 0.912. The van der Waals surface area contributed by atoms with Gasteiger partial charge in [-0.05, 0) is 27.7 Å². The number of hydroxylamine groups is 1. The SMILES string of the molecule is CCOCCONC(C)(C)C. The van der Waals surface area contributed by atoms with E-state index in [1.165, 1.54) is 0 Å². The van der Waals surface area contributed by atoms with Gasteiger partial charge in [-0.1, -0.05) is 0 Å². The molecule has 3 heteroatoms. The minimum atomic E-state index is 0.0201. The summed E-state index contributed by atoms with van der Waals surface area (Å²) in [4.78, 5) is 5.13. The van der Waals surface area contributed by atoms with Crippen molar-refractivity contribution in [1.29, 1.82) is 0 Å². The Balaban J connectivity index is 3.02. The van der Waals surface area contributed by atoms with Gasteiger partial charge in [0.2, 0.25) is 0 Å². The highest BCUT2D eigenvalue weighted by Gasteiger charge is 2.07. The molecule has 68 valence electrons. The van der Waals surface area contributed by atoms with Crippen LogP contribution in [0.1, 0.15) is 27.7 Å². The average Bonchev–Trinajstić information content (AvgIpc) is 1.85. The Hall–Kier alpha value is -0.120. The second-order valence-corrected chi connectivity index (χ2v) is 3.40. The molecule has 0 aliphatic heterocycles. The Bertz CT molecular complexity index is 88.6. The first kappa shape index (κ1) is 10.9. The maximum absolute atomic E-state index is 5.13. The van der Waals surface area contributed by atoms with E-state index in [2.05, 4.69) is 5.48 Å². The molecule has 0 aliphatic rings. The fraction of sp³-hybridized carbons (Fsp3) is 1.00. The van der Waals surface area contributed by atoms with E-state index in [-0.39, 0.29) is 5.54 Å². The molecule has 0 aromatic rings. The fourth-order valence-corrected chi connectivity index (χ4v) is 0.512. The van der Waals surface area contributed by atoms with Crippen molar-refractivity contribution in [1.82, 2.24) is 5.48 Å². The summed E-state index contributed by atoms with van der Waals surface area (Å²) in [5, 5.41) is 0. The Morgan fingerprint density at radius 2 is 1.82 bits per heavy atom. The molecule has 0 saturated heterocycles. The number of nitrogens with one attached hydrogen (secondary N) is 1. The van der Waals surface area contributed by atoms with Gasteiger partial charge in [-0.2, -0.15) is 5.48 Å². The van der Waals surface area contributed by atoms with Crippen LogP contribution in [0.25, 0.3) is 0 Å². The average molecular weight is 161 g/mol. The second-order valence-electron chi connectivity index (χ2n) is 3.40. The highest BCUT2D eigenvalue weighted by atomic mass is 16.7. The summed E-state index contributed by atoms with van der Waals surface area (Å²) in [5.41, 5.74) is 2.92. The molecule has 0 saturated carbocycles. The Labute approximate surface area is 69.0 Å². The largest absolute Gasteiger partial charge is 0.379 e. The first-order valence-electron chi connectivity index (χ1n) is 4.03. The molecule has 0 spiro atoms. The first-order chi connectivity index (χ1) is 5.06. The molecule has 0 unspecified atom stereocenters. The smallest absolute Gasteiger partial charge is 0.0916 e.